The fourth-order valence-electron chi connectivity index (χ4n) is 2.91. The highest BCUT2D eigenvalue weighted by Crippen LogP contribution is 2.23. The molecule has 1 heterocycles. The summed E-state index contributed by atoms with van der Waals surface area (Å²) in [5.74, 6) is 0.925. The Hall–Kier alpha value is -0.610. The highest BCUT2D eigenvalue weighted by atomic mass is 16.3. The van der Waals surface area contributed by atoms with Crippen molar-refractivity contribution in [3.8, 4) is 0 Å². The number of likely N-dealkylation sites (tertiary alicyclic amines) is 1. The first kappa shape index (κ1) is 12.8. The molecule has 2 aliphatic rings. The molecule has 0 aromatic carbocycles. The van der Waals surface area contributed by atoms with E-state index in [0.29, 0.717) is 25.7 Å². The van der Waals surface area contributed by atoms with Gasteiger partial charge in [-0.1, -0.05) is 6.92 Å². The topological polar surface area (TPSA) is 52.6 Å². The molecule has 98 valence electrons. The highest BCUT2D eigenvalue weighted by Gasteiger charge is 2.37. The molecule has 1 saturated carbocycles. The molecule has 1 aliphatic carbocycles. The van der Waals surface area contributed by atoms with Gasteiger partial charge in [0.1, 0.15) is 0 Å². The summed E-state index contributed by atoms with van der Waals surface area (Å²) in [6.45, 7) is 5.75. The Bertz CT molecular complexity index is 275. The second kappa shape index (κ2) is 4.94. The van der Waals surface area contributed by atoms with Crippen molar-refractivity contribution in [2.45, 2.75) is 51.2 Å². The number of nitrogens with one attached hydrogen (secondary N) is 1. The molecule has 1 aliphatic heterocycles. The predicted molar refractivity (Wildman–Crippen MR) is 66.6 cm³/mol. The van der Waals surface area contributed by atoms with E-state index in [-0.39, 0.29) is 5.91 Å². The first-order valence-electron chi connectivity index (χ1n) is 6.69. The summed E-state index contributed by atoms with van der Waals surface area (Å²) in [5, 5.41) is 12.7. The highest BCUT2D eigenvalue weighted by molar-refractivity contribution is 5.78. The lowest BCUT2D eigenvalue weighted by atomic mass is 9.87. The van der Waals surface area contributed by atoms with E-state index in [1.165, 1.54) is 12.8 Å². The van der Waals surface area contributed by atoms with E-state index in [4.69, 9.17) is 0 Å². The van der Waals surface area contributed by atoms with E-state index < -0.39 is 5.60 Å². The maximum Gasteiger partial charge on any atom is 0.234 e. The lowest BCUT2D eigenvalue weighted by Gasteiger charge is -2.43. The standard InChI is InChI=1S/C13H24N2O2/c1-10-3-5-11(6-4-10)14-12(16)7-15-8-13(2,17)9-15/h10-11,17H,3-9H2,1-2H3,(H,14,16). The van der Waals surface area contributed by atoms with Crippen LogP contribution in [-0.4, -0.2) is 47.2 Å². The van der Waals surface area contributed by atoms with E-state index in [0.717, 1.165) is 18.8 Å². The number of rotatable bonds is 3. The van der Waals surface area contributed by atoms with Gasteiger partial charge in [-0.2, -0.15) is 0 Å². The molecule has 17 heavy (non-hydrogen) atoms. The van der Waals surface area contributed by atoms with Crippen molar-refractivity contribution >= 4 is 5.91 Å². The van der Waals surface area contributed by atoms with Gasteiger partial charge in [0.05, 0.1) is 12.1 Å². The Labute approximate surface area is 103 Å². The third-order valence-corrected chi connectivity index (χ3v) is 3.88. The summed E-state index contributed by atoms with van der Waals surface area (Å²) in [4.78, 5) is 13.8. The van der Waals surface area contributed by atoms with Gasteiger partial charge in [-0.05, 0) is 38.5 Å². The van der Waals surface area contributed by atoms with Gasteiger partial charge in [0.2, 0.25) is 5.91 Å². The minimum absolute atomic E-state index is 0.111. The van der Waals surface area contributed by atoms with Crippen LogP contribution in [0.3, 0.4) is 0 Å². The van der Waals surface area contributed by atoms with Crippen LogP contribution in [0, 0.1) is 5.92 Å². The van der Waals surface area contributed by atoms with Crippen molar-refractivity contribution in [2.75, 3.05) is 19.6 Å². The number of carbonyl (C=O) groups excluding carboxylic acids is 1. The van der Waals surface area contributed by atoms with Crippen LogP contribution in [0.2, 0.25) is 0 Å². The summed E-state index contributed by atoms with van der Waals surface area (Å²) in [6.07, 6.45) is 4.68. The molecule has 0 radical (unpaired) electrons. The largest absolute Gasteiger partial charge is 0.388 e. The molecule has 0 atom stereocenters. The zero-order valence-corrected chi connectivity index (χ0v) is 10.9. The normalized spacial score (nSPS) is 32.9. The van der Waals surface area contributed by atoms with Crippen molar-refractivity contribution in [1.29, 1.82) is 0 Å². The van der Waals surface area contributed by atoms with Crippen molar-refractivity contribution in [3.63, 3.8) is 0 Å². The van der Waals surface area contributed by atoms with Crippen LogP contribution >= 0.6 is 0 Å². The Kier molecular flexibility index (Phi) is 3.73. The van der Waals surface area contributed by atoms with Gasteiger partial charge in [0, 0.05) is 19.1 Å². The van der Waals surface area contributed by atoms with Crippen LogP contribution in [0.1, 0.15) is 39.5 Å². The van der Waals surface area contributed by atoms with Gasteiger partial charge >= 0.3 is 0 Å². The van der Waals surface area contributed by atoms with Crippen molar-refractivity contribution in [2.24, 2.45) is 5.92 Å². The number of nitrogens with zero attached hydrogens (tertiary/aromatic N) is 1. The molecule has 0 bridgehead atoms. The number of β-amino-alcohol motifs (C(OH)–C–C–N with tert-alkyl or cyclic N) is 1. The van der Waals surface area contributed by atoms with Crippen molar-refractivity contribution in [1.82, 2.24) is 10.2 Å². The van der Waals surface area contributed by atoms with Gasteiger partial charge in [0.15, 0.2) is 0 Å². The fraction of sp³-hybridized carbons (Fsp3) is 0.923. The monoisotopic (exact) mass is 240 g/mol. The summed E-state index contributed by atoms with van der Waals surface area (Å²) in [5.41, 5.74) is -0.583. The molecule has 2 N–H and O–H groups in total. The maximum absolute atomic E-state index is 11.8. The lowest BCUT2D eigenvalue weighted by molar-refractivity contribution is -0.131. The molecule has 2 fully saturated rings. The Morgan fingerprint density at radius 2 is 1.94 bits per heavy atom. The summed E-state index contributed by atoms with van der Waals surface area (Å²) < 4.78 is 0. The Morgan fingerprint density at radius 3 is 2.47 bits per heavy atom. The minimum Gasteiger partial charge on any atom is -0.388 e. The molecule has 4 heteroatoms. The second-order valence-electron chi connectivity index (χ2n) is 6.17. The summed E-state index contributed by atoms with van der Waals surface area (Å²) in [7, 11) is 0. The second-order valence-corrected chi connectivity index (χ2v) is 6.17. The minimum atomic E-state index is -0.583. The van der Waals surface area contributed by atoms with Crippen LogP contribution in [0.4, 0.5) is 0 Å². The Balaban J connectivity index is 1.64. The smallest absolute Gasteiger partial charge is 0.234 e. The van der Waals surface area contributed by atoms with Crippen LogP contribution in [0.15, 0.2) is 0 Å². The van der Waals surface area contributed by atoms with Crippen molar-refractivity contribution < 1.29 is 9.90 Å². The molecule has 0 spiro atoms. The van der Waals surface area contributed by atoms with Gasteiger partial charge < -0.3 is 10.4 Å². The Morgan fingerprint density at radius 1 is 1.35 bits per heavy atom. The predicted octanol–water partition coefficient (Wildman–Crippen LogP) is 0.748. The van der Waals surface area contributed by atoms with Crippen LogP contribution in [0.5, 0.6) is 0 Å². The van der Waals surface area contributed by atoms with Gasteiger partial charge in [0.25, 0.3) is 0 Å². The molecule has 1 saturated heterocycles. The number of hydrogen-bond donors (Lipinski definition) is 2. The fourth-order valence-corrected chi connectivity index (χ4v) is 2.91. The zero-order chi connectivity index (χ0) is 12.5. The molecule has 0 aromatic rings. The number of amides is 1. The third-order valence-electron chi connectivity index (χ3n) is 3.88. The molecule has 1 amide bonds. The molecule has 0 aromatic heterocycles. The van der Waals surface area contributed by atoms with Gasteiger partial charge in [-0.3, -0.25) is 9.69 Å². The van der Waals surface area contributed by atoms with Crippen LogP contribution in [0.25, 0.3) is 0 Å². The number of hydrogen-bond acceptors (Lipinski definition) is 3. The van der Waals surface area contributed by atoms with E-state index >= 15 is 0 Å². The van der Waals surface area contributed by atoms with Gasteiger partial charge in [-0.15, -0.1) is 0 Å². The molecule has 0 unspecified atom stereocenters. The van der Waals surface area contributed by atoms with Gasteiger partial charge in [-0.25, -0.2) is 0 Å². The zero-order valence-electron chi connectivity index (χ0n) is 10.9. The SMILES string of the molecule is CC1CCC(NC(=O)CN2CC(C)(O)C2)CC1. The van der Waals surface area contributed by atoms with Crippen molar-refractivity contribution in [3.05, 3.63) is 0 Å². The lowest BCUT2D eigenvalue weighted by Crippen LogP contribution is -2.62. The average Bonchev–Trinajstić information content (AvgIpc) is 2.18. The van der Waals surface area contributed by atoms with Crippen LogP contribution in [-0.2, 0) is 4.79 Å². The number of carbonyl (C=O) groups is 1. The van der Waals surface area contributed by atoms with E-state index in [1.54, 1.807) is 0 Å². The van der Waals surface area contributed by atoms with E-state index in [9.17, 15) is 9.90 Å². The molecule has 2 rings (SSSR count). The maximum atomic E-state index is 11.8. The molecule has 4 nitrogen and oxygen atoms in total. The number of aliphatic hydroxyl groups is 1. The first-order valence-corrected chi connectivity index (χ1v) is 6.69. The first-order chi connectivity index (χ1) is 7.94. The third kappa shape index (κ3) is 3.68. The quantitative estimate of drug-likeness (QED) is 0.765. The van der Waals surface area contributed by atoms with E-state index in [1.807, 2.05) is 11.8 Å². The van der Waals surface area contributed by atoms with Crippen LogP contribution < -0.4 is 5.32 Å². The molecular weight excluding hydrogens is 216 g/mol. The summed E-state index contributed by atoms with van der Waals surface area (Å²) >= 11 is 0. The van der Waals surface area contributed by atoms with E-state index in [2.05, 4.69) is 12.2 Å². The average molecular weight is 240 g/mol. The molecular formula is C13H24N2O2. The summed E-state index contributed by atoms with van der Waals surface area (Å²) in [6, 6.07) is 0.375.